The molecule has 2 fully saturated rings. The van der Waals surface area contributed by atoms with Crippen LogP contribution in [-0.2, 0) is 9.53 Å². The minimum absolute atomic E-state index is 0.0118. The van der Waals surface area contributed by atoms with Gasteiger partial charge in [0, 0.05) is 25.2 Å². The van der Waals surface area contributed by atoms with E-state index in [0.29, 0.717) is 13.2 Å². The Morgan fingerprint density at radius 3 is 2.87 bits per heavy atom. The first kappa shape index (κ1) is 10.9. The zero-order chi connectivity index (χ0) is 10.9. The second-order valence-corrected chi connectivity index (χ2v) is 4.97. The van der Waals surface area contributed by atoms with Crippen molar-refractivity contribution in [3.8, 4) is 0 Å². The molecule has 1 amide bonds. The van der Waals surface area contributed by atoms with Gasteiger partial charge in [0.25, 0.3) is 5.91 Å². The Balaban J connectivity index is 2.00. The Morgan fingerprint density at radius 1 is 1.53 bits per heavy atom. The van der Waals surface area contributed by atoms with Gasteiger partial charge in [0.1, 0.15) is 6.10 Å². The zero-order valence-electron chi connectivity index (χ0n) is 9.58. The van der Waals surface area contributed by atoms with E-state index in [0.717, 1.165) is 25.9 Å². The maximum Gasteiger partial charge on any atom is 0.253 e. The standard InChI is InChI=1S/C11H20N2O2/c1-11(2)4-3-6-13(11)10(14)9-8-12-5-7-15-9/h9,12H,3-8H2,1-2H3/t9-/m0/s1. The van der Waals surface area contributed by atoms with Crippen LogP contribution in [0.1, 0.15) is 26.7 Å². The summed E-state index contributed by atoms with van der Waals surface area (Å²) in [4.78, 5) is 14.2. The Bertz CT molecular complexity index is 247. The van der Waals surface area contributed by atoms with Crippen LogP contribution in [0.5, 0.6) is 0 Å². The van der Waals surface area contributed by atoms with E-state index >= 15 is 0 Å². The largest absolute Gasteiger partial charge is 0.366 e. The maximum absolute atomic E-state index is 12.2. The van der Waals surface area contributed by atoms with Crippen LogP contribution < -0.4 is 5.32 Å². The second-order valence-electron chi connectivity index (χ2n) is 4.97. The lowest BCUT2D eigenvalue weighted by molar-refractivity contribution is -0.148. The van der Waals surface area contributed by atoms with Crippen LogP contribution in [0.15, 0.2) is 0 Å². The van der Waals surface area contributed by atoms with Gasteiger partial charge in [-0.25, -0.2) is 0 Å². The van der Waals surface area contributed by atoms with Gasteiger partial charge in [0.2, 0.25) is 0 Å². The Hall–Kier alpha value is -0.610. The van der Waals surface area contributed by atoms with Crippen molar-refractivity contribution in [2.75, 3.05) is 26.2 Å². The number of rotatable bonds is 1. The van der Waals surface area contributed by atoms with Crippen molar-refractivity contribution >= 4 is 5.91 Å². The summed E-state index contributed by atoms with van der Waals surface area (Å²) in [6.45, 7) is 7.30. The van der Waals surface area contributed by atoms with E-state index in [1.165, 1.54) is 0 Å². The second kappa shape index (κ2) is 4.10. The molecule has 2 aliphatic heterocycles. The number of nitrogens with zero attached hydrogens (tertiary/aromatic N) is 1. The Morgan fingerprint density at radius 2 is 2.33 bits per heavy atom. The zero-order valence-corrected chi connectivity index (χ0v) is 9.58. The molecule has 15 heavy (non-hydrogen) atoms. The third-order valence-electron chi connectivity index (χ3n) is 3.37. The van der Waals surface area contributed by atoms with Gasteiger partial charge < -0.3 is 15.0 Å². The summed E-state index contributed by atoms with van der Waals surface area (Å²) in [5.41, 5.74) is 0.0118. The topological polar surface area (TPSA) is 41.6 Å². The molecule has 2 aliphatic rings. The maximum atomic E-state index is 12.2. The molecule has 0 aromatic rings. The molecule has 0 aromatic heterocycles. The van der Waals surface area contributed by atoms with Crippen molar-refractivity contribution < 1.29 is 9.53 Å². The number of nitrogens with one attached hydrogen (secondary N) is 1. The highest BCUT2D eigenvalue weighted by Crippen LogP contribution is 2.29. The lowest BCUT2D eigenvalue weighted by Crippen LogP contribution is -2.53. The van der Waals surface area contributed by atoms with Crippen LogP contribution in [0, 0.1) is 0 Å². The molecule has 2 heterocycles. The molecular formula is C11H20N2O2. The summed E-state index contributed by atoms with van der Waals surface area (Å²) in [5, 5.41) is 3.19. The molecule has 4 heteroatoms. The fourth-order valence-corrected chi connectivity index (χ4v) is 2.41. The highest BCUT2D eigenvalue weighted by atomic mass is 16.5. The number of hydrogen-bond donors (Lipinski definition) is 1. The van der Waals surface area contributed by atoms with Gasteiger partial charge in [0.05, 0.1) is 6.61 Å². The van der Waals surface area contributed by atoms with Crippen molar-refractivity contribution in [3.63, 3.8) is 0 Å². The number of ether oxygens (including phenoxy) is 1. The summed E-state index contributed by atoms with van der Waals surface area (Å²) >= 11 is 0. The molecule has 2 rings (SSSR count). The van der Waals surface area contributed by atoms with E-state index in [9.17, 15) is 4.79 Å². The van der Waals surface area contributed by atoms with E-state index in [1.807, 2.05) is 4.90 Å². The average Bonchev–Trinajstić information content (AvgIpc) is 2.58. The number of amides is 1. The van der Waals surface area contributed by atoms with Crippen molar-refractivity contribution in [1.29, 1.82) is 0 Å². The lowest BCUT2D eigenvalue weighted by Gasteiger charge is -2.35. The fourth-order valence-electron chi connectivity index (χ4n) is 2.41. The SMILES string of the molecule is CC1(C)CCCN1C(=O)[C@@H]1CNCCO1. The smallest absolute Gasteiger partial charge is 0.253 e. The molecule has 0 unspecified atom stereocenters. The van der Waals surface area contributed by atoms with E-state index in [-0.39, 0.29) is 17.6 Å². The van der Waals surface area contributed by atoms with E-state index in [2.05, 4.69) is 19.2 Å². The van der Waals surface area contributed by atoms with Gasteiger partial charge in [-0.15, -0.1) is 0 Å². The van der Waals surface area contributed by atoms with Gasteiger partial charge in [-0.05, 0) is 26.7 Å². The third-order valence-corrected chi connectivity index (χ3v) is 3.37. The van der Waals surface area contributed by atoms with Crippen molar-refractivity contribution in [2.45, 2.75) is 38.3 Å². The number of likely N-dealkylation sites (tertiary alicyclic amines) is 1. The van der Waals surface area contributed by atoms with E-state index < -0.39 is 0 Å². The molecule has 0 radical (unpaired) electrons. The third kappa shape index (κ3) is 2.16. The van der Waals surface area contributed by atoms with Crippen LogP contribution in [0.3, 0.4) is 0 Å². The molecule has 0 saturated carbocycles. The molecule has 4 nitrogen and oxygen atoms in total. The summed E-state index contributed by atoms with van der Waals surface area (Å²) in [5.74, 6) is 0.157. The van der Waals surface area contributed by atoms with Gasteiger partial charge in [-0.2, -0.15) is 0 Å². The minimum atomic E-state index is -0.267. The summed E-state index contributed by atoms with van der Waals surface area (Å²) in [7, 11) is 0. The first-order valence-corrected chi connectivity index (χ1v) is 5.75. The molecule has 86 valence electrons. The summed E-state index contributed by atoms with van der Waals surface area (Å²) in [6, 6.07) is 0. The Kier molecular flexibility index (Phi) is 2.98. The van der Waals surface area contributed by atoms with Crippen molar-refractivity contribution in [3.05, 3.63) is 0 Å². The quantitative estimate of drug-likeness (QED) is 0.683. The highest BCUT2D eigenvalue weighted by molar-refractivity contribution is 5.82. The molecular weight excluding hydrogens is 192 g/mol. The fraction of sp³-hybridized carbons (Fsp3) is 0.909. The predicted molar refractivity (Wildman–Crippen MR) is 57.6 cm³/mol. The molecule has 1 N–H and O–H groups in total. The molecule has 0 aromatic carbocycles. The van der Waals surface area contributed by atoms with E-state index in [1.54, 1.807) is 0 Å². The highest BCUT2D eigenvalue weighted by Gasteiger charge is 2.38. The van der Waals surface area contributed by atoms with Crippen LogP contribution >= 0.6 is 0 Å². The molecule has 0 aliphatic carbocycles. The number of hydrogen-bond acceptors (Lipinski definition) is 3. The van der Waals surface area contributed by atoms with Gasteiger partial charge in [-0.3, -0.25) is 4.79 Å². The molecule has 0 bridgehead atoms. The van der Waals surface area contributed by atoms with Crippen LogP contribution in [0.2, 0.25) is 0 Å². The molecule has 0 spiro atoms. The molecule has 2 saturated heterocycles. The first-order chi connectivity index (χ1) is 7.11. The van der Waals surface area contributed by atoms with Crippen LogP contribution in [-0.4, -0.2) is 48.7 Å². The van der Waals surface area contributed by atoms with Crippen molar-refractivity contribution in [1.82, 2.24) is 10.2 Å². The van der Waals surface area contributed by atoms with Gasteiger partial charge in [0.15, 0.2) is 0 Å². The lowest BCUT2D eigenvalue weighted by atomic mass is 10.0. The van der Waals surface area contributed by atoms with Gasteiger partial charge in [-0.1, -0.05) is 0 Å². The average molecular weight is 212 g/mol. The van der Waals surface area contributed by atoms with Crippen molar-refractivity contribution in [2.24, 2.45) is 0 Å². The Labute approximate surface area is 91.0 Å². The predicted octanol–water partition coefficient (Wildman–Crippen LogP) is 0.376. The molecule has 1 atom stereocenters. The first-order valence-electron chi connectivity index (χ1n) is 5.75. The monoisotopic (exact) mass is 212 g/mol. The normalized spacial score (nSPS) is 30.5. The number of carbonyl (C=O) groups excluding carboxylic acids is 1. The van der Waals surface area contributed by atoms with Crippen LogP contribution in [0.25, 0.3) is 0 Å². The minimum Gasteiger partial charge on any atom is -0.366 e. The number of carbonyl (C=O) groups is 1. The van der Waals surface area contributed by atoms with E-state index in [4.69, 9.17) is 4.74 Å². The summed E-state index contributed by atoms with van der Waals surface area (Å²) < 4.78 is 5.49. The van der Waals surface area contributed by atoms with Crippen LogP contribution in [0.4, 0.5) is 0 Å². The number of morpholine rings is 1. The summed E-state index contributed by atoms with van der Waals surface area (Å²) in [6.07, 6.45) is 1.94. The van der Waals surface area contributed by atoms with Gasteiger partial charge >= 0.3 is 0 Å².